The number of halogens is 2. The number of ether oxygens (including phenoxy) is 1. The molecule has 0 fully saturated rings. The Balaban J connectivity index is 2.17. The molecule has 110 valence electrons. The van der Waals surface area contributed by atoms with Gasteiger partial charge in [-0.05, 0) is 31.2 Å². The van der Waals surface area contributed by atoms with Gasteiger partial charge in [-0.15, -0.1) is 0 Å². The molecule has 4 nitrogen and oxygen atoms in total. The van der Waals surface area contributed by atoms with Gasteiger partial charge in [-0.25, -0.2) is 13.6 Å². The lowest BCUT2D eigenvalue weighted by atomic mass is 10.1. The van der Waals surface area contributed by atoms with E-state index in [0.29, 0.717) is 0 Å². The molecule has 1 aromatic heterocycles. The summed E-state index contributed by atoms with van der Waals surface area (Å²) in [6, 6.07) is 6.22. The minimum absolute atomic E-state index is 0.0452. The summed E-state index contributed by atoms with van der Waals surface area (Å²) >= 11 is 0. The van der Waals surface area contributed by atoms with E-state index in [1.54, 1.807) is 0 Å². The van der Waals surface area contributed by atoms with Gasteiger partial charge < -0.3 is 9.72 Å². The summed E-state index contributed by atoms with van der Waals surface area (Å²) < 4.78 is 32.2. The molecule has 0 saturated heterocycles. The highest BCUT2D eigenvalue weighted by Gasteiger charge is 2.21. The van der Waals surface area contributed by atoms with Crippen LogP contribution in [0.5, 0.6) is 0 Å². The minimum atomic E-state index is -1.09. The third-order valence-corrected chi connectivity index (χ3v) is 2.98. The SMILES string of the molecule is CC(=O)c1ccc(C(=O)OC(C)c2c(F)cccc2F)[nH]1. The van der Waals surface area contributed by atoms with Crippen molar-refractivity contribution in [2.45, 2.75) is 20.0 Å². The van der Waals surface area contributed by atoms with Crippen molar-refractivity contribution >= 4 is 11.8 Å². The Hall–Kier alpha value is -2.50. The molecule has 0 spiro atoms. The zero-order chi connectivity index (χ0) is 15.6. The van der Waals surface area contributed by atoms with Gasteiger partial charge in [0.25, 0.3) is 0 Å². The fraction of sp³-hybridized carbons (Fsp3) is 0.200. The van der Waals surface area contributed by atoms with Gasteiger partial charge in [0.2, 0.25) is 0 Å². The molecule has 1 N–H and O–H groups in total. The van der Waals surface area contributed by atoms with Crippen LogP contribution in [0.4, 0.5) is 8.78 Å². The molecule has 2 rings (SSSR count). The topological polar surface area (TPSA) is 59.2 Å². The molecule has 1 atom stereocenters. The van der Waals surface area contributed by atoms with Gasteiger partial charge in [-0.2, -0.15) is 0 Å². The molecular formula is C15H13F2NO3. The highest BCUT2D eigenvalue weighted by molar-refractivity contribution is 5.95. The maximum Gasteiger partial charge on any atom is 0.355 e. The van der Waals surface area contributed by atoms with Crippen LogP contribution in [0.3, 0.4) is 0 Å². The number of aromatic nitrogens is 1. The first kappa shape index (κ1) is 14.9. The second kappa shape index (κ2) is 5.87. The number of carbonyl (C=O) groups is 2. The molecule has 0 aliphatic carbocycles. The molecule has 0 radical (unpaired) electrons. The van der Waals surface area contributed by atoms with E-state index < -0.39 is 23.7 Å². The number of nitrogens with one attached hydrogen (secondary N) is 1. The number of aromatic amines is 1. The summed E-state index contributed by atoms with van der Waals surface area (Å²) in [5.41, 5.74) is -0.0142. The first-order chi connectivity index (χ1) is 9.90. The van der Waals surface area contributed by atoms with Gasteiger partial charge in [0.15, 0.2) is 5.78 Å². The molecule has 2 aromatic rings. The smallest absolute Gasteiger partial charge is 0.355 e. The van der Waals surface area contributed by atoms with Crippen molar-refractivity contribution in [3.05, 3.63) is 58.9 Å². The Morgan fingerprint density at radius 1 is 1.10 bits per heavy atom. The van der Waals surface area contributed by atoms with E-state index in [1.807, 2.05) is 0 Å². The molecule has 0 aliphatic rings. The molecule has 0 aliphatic heterocycles. The van der Waals surface area contributed by atoms with Crippen molar-refractivity contribution in [1.82, 2.24) is 4.98 Å². The van der Waals surface area contributed by atoms with E-state index in [1.165, 1.54) is 32.0 Å². The lowest BCUT2D eigenvalue weighted by molar-refractivity contribution is 0.0318. The van der Waals surface area contributed by atoms with Crippen LogP contribution < -0.4 is 0 Å². The summed E-state index contributed by atoms with van der Waals surface area (Å²) in [5.74, 6) is -2.60. The predicted octanol–water partition coefficient (Wildman–Crippen LogP) is 3.41. The lowest BCUT2D eigenvalue weighted by Crippen LogP contribution is -2.12. The van der Waals surface area contributed by atoms with Crippen LogP contribution >= 0.6 is 0 Å². The third-order valence-electron chi connectivity index (χ3n) is 2.98. The van der Waals surface area contributed by atoms with Gasteiger partial charge in [0.05, 0.1) is 11.3 Å². The normalized spacial score (nSPS) is 12.0. The number of hydrogen-bond acceptors (Lipinski definition) is 3. The van der Waals surface area contributed by atoms with E-state index >= 15 is 0 Å². The Kier molecular flexibility index (Phi) is 4.16. The summed E-state index contributed by atoms with van der Waals surface area (Å²) in [5, 5.41) is 0. The standard InChI is InChI=1S/C15H13F2NO3/c1-8(19)12-6-7-13(18-12)15(20)21-9(2)14-10(16)4-3-5-11(14)17/h3-7,9,18H,1-2H3. The highest BCUT2D eigenvalue weighted by atomic mass is 19.1. The van der Waals surface area contributed by atoms with E-state index in [0.717, 1.165) is 12.1 Å². The fourth-order valence-electron chi connectivity index (χ4n) is 1.90. The fourth-order valence-corrected chi connectivity index (χ4v) is 1.90. The molecule has 1 heterocycles. The van der Waals surface area contributed by atoms with Crippen molar-refractivity contribution in [2.24, 2.45) is 0 Å². The molecule has 1 aromatic carbocycles. The molecule has 1 unspecified atom stereocenters. The Morgan fingerprint density at radius 2 is 1.67 bits per heavy atom. The molecule has 0 amide bonds. The third kappa shape index (κ3) is 3.16. The molecule has 6 heteroatoms. The first-order valence-corrected chi connectivity index (χ1v) is 6.25. The number of benzene rings is 1. The molecule has 21 heavy (non-hydrogen) atoms. The average Bonchev–Trinajstić information content (AvgIpc) is 2.88. The summed E-state index contributed by atoms with van der Waals surface area (Å²) in [6.07, 6.45) is -1.09. The number of H-pyrrole nitrogens is 1. The average molecular weight is 293 g/mol. The minimum Gasteiger partial charge on any atom is -0.453 e. The van der Waals surface area contributed by atoms with Crippen LogP contribution in [0.2, 0.25) is 0 Å². The van der Waals surface area contributed by atoms with Crippen LogP contribution in [0.25, 0.3) is 0 Å². The van der Waals surface area contributed by atoms with Crippen molar-refractivity contribution in [2.75, 3.05) is 0 Å². The maximum absolute atomic E-state index is 13.6. The van der Waals surface area contributed by atoms with Crippen LogP contribution in [0.1, 0.15) is 46.5 Å². The van der Waals surface area contributed by atoms with Gasteiger partial charge in [-0.1, -0.05) is 6.07 Å². The van der Waals surface area contributed by atoms with Gasteiger partial charge >= 0.3 is 5.97 Å². The van der Waals surface area contributed by atoms with Crippen molar-refractivity contribution in [3.63, 3.8) is 0 Å². The second-order valence-corrected chi connectivity index (χ2v) is 4.52. The predicted molar refractivity (Wildman–Crippen MR) is 71.0 cm³/mol. The summed E-state index contributed by atoms with van der Waals surface area (Å²) in [4.78, 5) is 25.6. The number of rotatable bonds is 4. The van der Waals surface area contributed by atoms with E-state index in [-0.39, 0.29) is 22.7 Å². The Labute approximate surface area is 119 Å². The largest absolute Gasteiger partial charge is 0.453 e. The van der Waals surface area contributed by atoms with Crippen LogP contribution in [0, 0.1) is 11.6 Å². The number of esters is 1. The van der Waals surface area contributed by atoms with E-state index in [4.69, 9.17) is 4.74 Å². The molecule has 0 bridgehead atoms. The van der Waals surface area contributed by atoms with Gasteiger partial charge in [0, 0.05) is 6.92 Å². The van der Waals surface area contributed by atoms with Crippen molar-refractivity contribution < 1.29 is 23.1 Å². The number of carbonyl (C=O) groups excluding carboxylic acids is 2. The zero-order valence-corrected chi connectivity index (χ0v) is 11.4. The van der Waals surface area contributed by atoms with E-state index in [9.17, 15) is 18.4 Å². The van der Waals surface area contributed by atoms with Gasteiger partial charge in [-0.3, -0.25) is 4.79 Å². The summed E-state index contributed by atoms with van der Waals surface area (Å²) in [6.45, 7) is 2.71. The van der Waals surface area contributed by atoms with Gasteiger partial charge in [0.1, 0.15) is 23.4 Å². The monoisotopic (exact) mass is 293 g/mol. The lowest BCUT2D eigenvalue weighted by Gasteiger charge is -2.14. The molecular weight excluding hydrogens is 280 g/mol. The Bertz CT molecular complexity index is 674. The van der Waals surface area contributed by atoms with Crippen molar-refractivity contribution in [1.29, 1.82) is 0 Å². The number of ketones is 1. The summed E-state index contributed by atoms with van der Waals surface area (Å²) in [7, 11) is 0. The zero-order valence-electron chi connectivity index (χ0n) is 11.4. The maximum atomic E-state index is 13.6. The Morgan fingerprint density at radius 3 is 2.19 bits per heavy atom. The number of Topliss-reactive ketones (excluding diaryl/α,β-unsaturated/α-hetero) is 1. The highest BCUT2D eigenvalue weighted by Crippen LogP contribution is 2.24. The molecule has 0 saturated carbocycles. The first-order valence-electron chi connectivity index (χ1n) is 6.25. The second-order valence-electron chi connectivity index (χ2n) is 4.52. The van der Waals surface area contributed by atoms with Crippen molar-refractivity contribution in [3.8, 4) is 0 Å². The van der Waals surface area contributed by atoms with Crippen LogP contribution in [-0.2, 0) is 4.74 Å². The van der Waals surface area contributed by atoms with Crippen LogP contribution in [0.15, 0.2) is 30.3 Å². The quantitative estimate of drug-likeness (QED) is 0.694. The number of hydrogen-bond donors (Lipinski definition) is 1. The van der Waals surface area contributed by atoms with Crippen LogP contribution in [-0.4, -0.2) is 16.7 Å². The van der Waals surface area contributed by atoms with E-state index in [2.05, 4.69) is 4.98 Å².